The standard InChI is InChI=1S/C25H30N2O7/c1-25(32-2,33-3)12-13-26-23(30)21(14-22(28)29)27-24(31)34-15-20-18-10-6-4-8-16(18)17-9-5-7-11-19(17)20/h4-11,20-21H,12-15H2,1-3H3,(H,26,30)(H,27,31)(H,28,29). The molecule has 34 heavy (non-hydrogen) atoms. The molecule has 2 aromatic carbocycles. The van der Waals surface area contributed by atoms with Crippen molar-refractivity contribution in [1.82, 2.24) is 10.6 Å². The summed E-state index contributed by atoms with van der Waals surface area (Å²) in [6.07, 6.45) is -1.11. The SMILES string of the molecule is COC(C)(CCNC(=O)C(CC(=O)O)NC(=O)OCC1c2ccccc2-c2ccccc21)OC. The lowest BCUT2D eigenvalue weighted by Gasteiger charge is -2.26. The zero-order chi connectivity index (χ0) is 24.7. The number of alkyl carbamates (subject to hydrolysis) is 1. The fourth-order valence-corrected chi connectivity index (χ4v) is 3.99. The van der Waals surface area contributed by atoms with Crippen LogP contribution in [0.1, 0.15) is 36.8 Å². The van der Waals surface area contributed by atoms with Crippen LogP contribution in [0, 0.1) is 0 Å². The molecule has 3 rings (SSSR count). The number of hydrogen-bond acceptors (Lipinski definition) is 6. The Bertz CT molecular complexity index is 990. The average molecular weight is 471 g/mol. The van der Waals surface area contributed by atoms with Crippen LogP contribution in [-0.2, 0) is 23.8 Å². The van der Waals surface area contributed by atoms with Gasteiger partial charge in [-0.05, 0) is 29.2 Å². The van der Waals surface area contributed by atoms with Crippen molar-refractivity contribution in [3.05, 3.63) is 59.7 Å². The molecule has 0 fully saturated rings. The summed E-state index contributed by atoms with van der Waals surface area (Å²) in [6, 6.07) is 14.5. The van der Waals surface area contributed by atoms with Gasteiger partial charge in [0.2, 0.25) is 5.91 Å². The third kappa shape index (κ3) is 5.92. The Kier molecular flexibility index (Phi) is 8.25. The summed E-state index contributed by atoms with van der Waals surface area (Å²) in [6.45, 7) is 1.93. The normalized spacial score (nSPS) is 13.5. The highest BCUT2D eigenvalue weighted by atomic mass is 16.7. The fourth-order valence-electron chi connectivity index (χ4n) is 3.99. The molecule has 0 aliphatic heterocycles. The van der Waals surface area contributed by atoms with Gasteiger partial charge in [-0.15, -0.1) is 0 Å². The number of carboxylic acids is 1. The van der Waals surface area contributed by atoms with Crippen LogP contribution in [0.25, 0.3) is 11.1 Å². The van der Waals surface area contributed by atoms with Crippen LogP contribution in [0.3, 0.4) is 0 Å². The van der Waals surface area contributed by atoms with E-state index >= 15 is 0 Å². The van der Waals surface area contributed by atoms with E-state index in [1.165, 1.54) is 14.2 Å². The first-order valence-corrected chi connectivity index (χ1v) is 11.0. The summed E-state index contributed by atoms with van der Waals surface area (Å²) < 4.78 is 15.9. The minimum atomic E-state index is -1.29. The third-order valence-electron chi connectivity index (χ3n) is 6.07. The Balaban J connectivity index is 1.60. The number of fused-ring (bicyclic) bond motifs is 3. The van der Waals surface area contributed by atoms with Gasteiger partial charge in [-0.25, -0.2) is 4.79 Å². The maximum Gasteiger partial charge on any atom is 0.407 e. The van der Waals surface area contributed by atoms with Gasteiger partial charge in [-0.3, -0.25) is 9.59 Å². The molecule has 2 amide bonds. The van der Waals surface area contributed by atoms with Crippen molar-refractivity contribution in [2.24, 2.45) is 0 Å². The molecule has 1 aliphatic rings. The zero-order valence-corrected chi connectivity index (χ0v) is 19.5. The highest BCUT2D eigenvalue weighted by Gasteiger charge is 2.30. The van der Waals surface area contributed by atoms with E-state index in [4.69, 9.17) is 14.2 Å². The second-order valence-electron chi connectivity index (χ2n) is 8.20. The van der Waals surface area contributed by atoms with E-state index < -0.39 is 36.2 Å². The summed E-state index contributed by atoms with van der Waals surface area (Å²) in [5.41, 5.74) is 4.29. The molecule has 0 radical (unpaired) electrons. The Labute approximate surface area is 198 Å². The van der Waals surface area contributed by atoms with Gasteiger partial charge in [0.05, 0.1) is 6.42 Å². The van der Waals surface area contributed by atoms with Gasteiger partial charge in [-0.2, -0.15) is 0 Å². The minimum absolute atomic E-state index is 0.0568. The molecule has 2 aromatic rings. The molecule has 0 saturated heterocycles. The van der Waals surface area contributed by atoms with Crippen LogP contribution >= 0.6 is 0 Å². The van der Waals surface area contributed by atoms with E-state index in [9.17, 15) is 19.5 Å². The maximum atomic E-state index is 12.5. The molecule has 9 heteroatoms. The Morgan fingerprint density at radius 2 is 1.56 bits per heavy atom. The van der Waals surface area contributed by atoms with Crippen LogP contribution in [0.2, 0.25) is 0 Å². The van der Waals surface area contributed by atoms with E-state index in [1.807, 2.05) is 48.5 Å². The monoisotopic (exact) mass is 470 g/mol. The van der Waals surface area contributed by atoms with Crippen molar-refractivity contribution in [3.8, 4) is 11.1 Å². The van der Waals surface area contributed by atoms with E-state index in [0.29, 0.717) is 6.42 Å². The smallest absolute Gasteiger partial charge is 0.407 e. The van der Waals surface area contributed by atoms with Gasteiger partial charge in [0, 0.05) is 33.1 Å². The van der Waals surface area contributed by atoms with Crippen LogP contribution < -0.4 is 10.6 Å². The van der Waals surface area contributed by atoms with Crippen LogP contribution in [0.15, 0.2) is 48.5 Å². The lowest BCUT2D eigenvalue weighted by Crippen LogP contribution is -2.49. The van der Waals surface area contributed by atoms with Crippen molar-refractivity contribution < 1.29 is 33.7 Å². The highest BCUT2D eigenvalue weighted by Crippen LogP contribution is 2.44. The average Bonchev–Trinajstić information content (AvgIpc) is 3.15. The number of amides is 2. The van der Waals surface area contributed by atoms with Gasteiger partial charge in [0.25, 0.3) is 0 Å². The van der Waals surface area contributed by atoms with Crippen molar-refractivity contribution >= 4 is 18.0 Å². The van der Waals surface area contributed by atoms with Crippen LogP contribution in [0.4, 0.5) is 4.79 Å². The number of nitrogens with one attached hydrogen (secondary N) is 2. The Morgan fingerprint density at radius 1 is 1.00 bits per heavy atom. The number of ether oxygens (including phenoxy) is 3. The highest BCUT2D eigenvalue weighted by molar-refractivity contribution is 5.89. The van der Waals surface area contributed by atoms with Crippen molar-refractivity contribution in [2.45, 2.75) is 37.5 Å². The number of rotatable bonds is 11. The lowest BCUT2D eigenvalue weighted by atomic mass is 9.98. The Hall–Kier alpha value is -3.43. The molecule has 3 N–H and O–H groups in total. The second-order valence-corrected chi connectivity index (χ2v) is 8.20. The van der Waals surface area contributed by atoms with E-state index in [-0.39, 0.29) is 19.1 Å². The van der Waals surface area contributed by atoms with Crippen molar-refractivity contribution in [1.29, 1.82) is 0 Å². The first-order chi connectivity index (χ1) is 16.3. The van der Waals surface area contributed by atoms with Crippen molar-refractivity contribution in [3.63, 3.8) is 0 Å². The first kappa shape index (κ1) is 25.2. The largest absolute Gasteiger partial charge is 0.481 e. The number of carboxylic acid groups (broad SMARTS) is 1. The minimum Gasteiger partial charge on any atom is -0.481 e. The summed E-state index contributed by atoms with van der Waals surface area (Å²) in [7, 11) is 2.97. The third-order valence-corrected chi connectivity index (χ3v) is 6.07. The molecule has 9 nitrogen and oxygen atoms in total. The maximum absolute atomic E-state index is 12.5. The van der Waals surface area contributed by atoms with Crippen molar-refractivity contribution in [2.75, 3.05) is 27.4 Å². The first-order valence-electron chi connectivity index (χ1n) is 11.0. The predicted octanol–water partition coefficient (Wildman–Crippen LogP) is 2.88. The zero-order valence-electron chi connectivity index (χ0n) is 19.5. The van der Waals surface area contributed by atoms with E-state index in [0.717, 1.165) is 22.3 Å². The fraction of sp³-hybridized carbons (Fsp3) is 0.400. The van der Waals surface area contributed by atoms with E-state index in [2.05, 4.69) is 10.6 Å². The molecule has 0 heterocycles. The quantitative estimate of drug-likeness (QED) is 0.432. The van der Waals surface area contributed by atoms with Gasteiger partial charge in [0.1, 0.15) is 12.6 Å². The molecule has 182 valence electrons. The van der Waals surface area contributed by atoms with Gasteiger partial charge >= 0.3 is 12.1 Å². The molecular formula is C25H30N2O7. The molecule has 0 spiro atoms. The lowest BCUT2D eigenvalue weighted by molar-refractivity contribution is -0.196. The summed E-state index contributed by atoms with van der Waals surface area (Å²) in [5.74, 6) is -2.90. The number of benzene rings is 2. The van der Waals surface area contributed by atoms with Crippen LogP contribution in [-0.4, -0.2) is 62.3 Å². The number of hydrogen-bond donors (Lipinski definition) is 3. The molecule has 0 saturated carbocycles. The summed E-state index contributed by atoms with van der Waals surface area (Å²) >= 11 is 0. The Morgan fingerprint density at radius 3 is 2.09 bits per heavy atom. The molecule has 0 aromatic heterocycles. The second kappa shape index (κ2) is 11.1. The van der Waals surface area contributed by atoms with Crippen LogP contribution in [0.5, 0.6) is 0 Å². The molecule has 1 atom stereocenters. The van der Waals surface area contributed by atoms with Gasteiger partial charge in [0.15, 0.2) is 5.79 Å². The molecule has 0 bridgehead atoms. The molecular weight excluding hydrogens is 440 g/mol. The number of methoxy groups -OCH3 is 2. The van der Waals surface area contributed by atoms with Gasteiger partial charge < -0.3 is 30.0 Å². The van der Waals surface area contributed by atoms with E-state index in [1.54, 1.807) is 6.92 Å². The number of carbonyl (C=O) groups excluding carboxylic acids is 2. The van der Waals surface area contributed by atoms with Gasteiger partial charge in [-0.1, -0.05) is 48.5 Å². The summed E-state index contributed by atoms with van der Waals surface area (Å²) in [5, 5.41) is 14.2. The molecule has 1 aliphatic carbocycles. The predicted molar refractivity (Wildman–Crippen MR) is 124 cm³/mol. The topological polar surface area (TPSA) is 123 Å². The number of carbonyl (C=O) groups is 3. The molecule has 1 unspecified atom stereocenters. The summed E-state index contributed by atoms with van der Waals surface area (Å²) in [4.78, 5) is 36.3. The number of aliphatic carboxylic acids is 1.